The molecule has 0 saturated carbocycles. The summed E-state index contributed by atoms with van der Waals surface area (Å²) in [5, 5.41) is 0. The van der Waals surface area contributed by atoms with Crippen molar-refractivity contribution in [2.24, 2.45) is 0 Å². The first-order valence-electron chi connectivity index (χ1n) is 7.49. The Morgan fingerprint density at radius 1 is 1.24 bits per heavy atom. The van der Waals surface area contributed by atoms with Crippen LogP contribution in [0.5, 0.6) is 0 Å². The summed E-state index contributed by atoms with van der Waals surface area (Å²) in [4.78, 5) is 17.5. The summed E-state index contributed by atoms with van der Waals surface area (Å²) in [7, 11) is 2.19. The van der Waals surface area contributed by atoms with Crippen LogP contribution in [0.25, 0.3) is 11.2 Å². The Balaban J connectivity index is 1.59. The first-order chi connectivity index (χ1) is 10.1. The van der Waals surface area contributed by atoms with E-state index in [-0.39, 0.29) is 0 Å². The maximum absolute atomic E-state index is 5.81. The van der Waals surface area contributed by atoms with Gasteiger partial charge in [0.05, 0.1) is 6.33 Å². The zero-order valence-electron chi connectivity index (χ0n) is 12.7. The third-order valence-corrected chi connectivity index (χ3v) is 4.24. The second kappa shape index (κ2) is 5.95. The molecule has 3 rings (SSSR count). The minimum Gasteiger partial charge on any atom is -0.382 e. The average molecular weight is 289 g/mol. The number of anilines is 1. The van der Waals surface area contributed by atoms with Gasteiger partial charge < -0.3 is 15.2 Å². The molecular weight excluding hydrogens is 266 g/mol. The van der Waals surface area contributed by atoms with E-state index < -0.39 is 0 Å². The maximum Gasteiger partial charge on any atom is 0.165 e. The summed E-state index contributed by atoms with van der Waals surface area (Å²) in [6.07, 6.45) is 4.39. The fourth-order valence-electron chi connectivity index (χ4n) is 3.02. The van der Waals surface area contributed by atoms with E-state index in [0.717, 1.165) is 44.8 Å². The van der Waals surface area contributed by atoms with Crippen LogP contribution in [-0.4, -0.2) is 68.6 Å². The Labute approximate surface area is 124 Å². The van der Waals surface area contributed by atoms with Crippen LogP contribution in [0.4, 0.5) is 5.82 Å². The van der Waals surface area contributed by atoms with Crippen molar-refractivity contribution in [1.82, 2.24) is 29.3 Å². The molecule has 3 heterocycles. The third kappa shape index (κ3) is 2.98. The fourth-order valence-corrected chi connectivity index (χ4v) is 3.02. The number of likely N-dealkylation sites (N-methyl/N-ethyl adjacent to an activating group) is 1. The van der Waals surface area contributed by atoms with E-state index in [1.54, 1.807) is 0 Å². The van der Waals surface area contributed by atoms with E-state index in [1.807, 2.05) is 6.33 Å². The number of aromatic nitrogens is 4. The smallest absolute Gasteiger partial charge is 0.165 e. The van der Waals surface area contributed by atoms with Crippen molar-refractivity contribution in [2.45, 2.75) is 25.9 Å². The van der Waals surface area contributed by atoms with Gasteiger partial charge in [-0.25, -0.2) is 15.0 Å². The largest absolute Gasteiger partial charge is 0.382 e. The number of nitrogens with two attached hydrogens (primary N) is 1. The van der Waals surface area contributed by atoms with Crippen LogP contribution >= 0.6 is 0 Å². The van der Waals surface area contributed by atoms with E-state index in [1.165, 1.54) is 6.33 Å². The second-order valence-electron chi connectivity index (χ2n) is 5.87. The first-order valence-corrected chi connectivity index (χ1v) is 7.49. The zero-order chi connectivity index (χ0) is 14.8. The second-order valence-corrected chi connectivity index (χ2v) is 5.87. The molecule has 0 aromatic carbocycles. The van der Waals surface area contributed by atoms with Crippen molar-refractivity contribution in [1.29, 1.82) is 0 Å². The van der Waals surface area contributed by atoms with Crippen LogP contribution in [0.1, 0.15) is 13.3 Å². The topological polar surface area (TPSA) is 76.1 Å². The first kappa shape index (κ1) is 14.2. The monoisotopic (exact) mass is 289 g/mol. The molecule has 1 saturated heterocycles. The van der Waals surface area contributed by atoms with Gasteiger partial charge in [-0.1, -0.05) is 0 Å². The molecule has 114 valence electrons. The average Bonchev–Trinajstić information content (AvgIpc) is 2.86. The Kier molecular flexibility index (Phi) is 4.03. The number of hydrogen-bond donors (Lipinski definition) is 1. The van der Waals surface area contributed by atoms with Crippen LogP contribution in [0.15, 0.2) is 12.7 Å². The Morgan fingerprint density at radius 2 is 2.10 bits per heavy atom. The van der Waals surface area contributed by atoms with Gasteiger partial charge in [0.25, 0.3) is 0 Å². The highest BCUT2D eigenvalue weighted by Gasteiger charge is 2.20. The van der Waals surface area contributed by atoms with Crippen molar-refractivity contribution in [3.8, 4) is 0 Å². The van der Waals surface area contributed by atoms with Crippen LogP contribution in [0.3, 0.4) is 0 Å². The predicted molar refractivity (Wildman–Crippen MR) is 82.9 cm³/mol. The summed E-state index contributed by atoms with van der Waals surface area (Å²) in [6.45, 7) is 7.77. The van der Waals surface area contributed by atoms with Crippen LogP contribution in [-0.2, 0) is 6.54 Å². The van der Waals surface area contributed by atoms with Gasteiger partial charge in [-0.3, -0.25) is 4.90 Å². The summed E-state index contributed by atoms with van der Waals surface area (Å²) in [6, 6.07) is 0.626. The minimum atomic E-state index is 0.450. The van der Waals surface area contributed by atoms with Crippen LogP contribution < -0.4 is 5.73 Å². The van der Waals surface area contributed by atoms with Gasteiger partial charge in [0.1, 0.15) is 11.8 Å². The SMILES string of the molecule is CC1CN(C)CCN1CCCn1cnc2c(N)ncnc21. The van der Waals surface area contributed by atoms with Gasteiger partial charge in [-0.15, -0.1) is 0 Å². The van der Waals surface area contributed by atoms with E-state index >= 15 is 0 Å². The fraction of sp³-hybridized carbons (Fsp3) is 0.643. The molecule has 1 unspecified atom stereocenters. The van der Waals surface area contributed by atoms with Crippen molar-refractivity contribution in [3.63, 3.8) is 0 Å². The summed E-state index contributed by atoms with van der Waals surface area (Å²) >= 11 is 0. The molecule has 21 heavy (non-hydrogen) atoms. The summed E-state index contributed by atoms with van der Waals surface area (Å²) < 4.78 is 2.06. The van der Waals surface area contributed by atoms with Crippen molar-refractivity contribution in [3.05, 3.63) is 12.7 Å². The van der Waals surface area contributed by atoms with Crippen molar-refractivity contribution in [2.75, 3.05) is 39.0 Å². The Hall–Kier alpha value is -1.73. The lowest BCUT2D eigenvalue weighted by molar-refractivity contribution is 0.0980. The molecule has 0 radical (unpaired) electrons. The van der Waals surface area contributed by atoms with Crippen LogP contribution in [0, 0.1) is 0 Å². The van der Waals surface area contributed by atoms with E-state index in [0.29, 0.717) is 17.4 Å². The number of rotatable bonds is 4. The molecule has 0 spiro atoms. The van der Waals surface area contributed by atoms with Gasteiger partial charge in [0.2, 0.25) is 0 Å². The number of piperazine rings is 1. The van der Waals surface area contributed by atoms with E-state index in [9.17, 15) is 0 Å². The molecule has 1 atom stereocenters. The highest BCUT2D eigenvalue weighted by atomic mass is 15.3. The molecule has 0 amide bonds. The van der Waals surface area contributed by atoms with Crippen molar-refractivity contribution >= 4 is 17.0 Å². The normalized spacial score (nSPS) is 21.1. The molecule has 2 aromatic rings. The van der Waals surface area contributed by atoms with Gasteiger partial charge in [-0.2, -0.15) is 0 Å². The van der Waals surface area contributed by atoms with Gasteiger partial charge in [-0.05, 0) is 20.4 Å². The Morgan fingerprint density at radius 3 is 2.90 bits per heavy atom. The Bertz CT molecular complexity index is 608. The number of nitrogen functional groups attached to an aromatic ring is 1. The van der Waals surface area contributed by atoms with Crippen LogP contribution in [0.2, 0.25) is 0 Å². The third-order valence-electron chi connectivity index (χ3n) is 4.24. The standard InChI is InChI=1S/C14H23N7/c1-11-8-19(2)6-7-20(11)4-3-5-21-10-18-12-13(15)16-9-17-14(12)21/h9-11H,3-8H2,1-2H3,(H2,15,16,17). The molecule has 7 heteroatoms. The quantitative estimate of drug-likeness (QED) is 0.880. The number of fused-ring (bicyclic) bond motifs is 1. The van der Waals surface area contributed by atoms with Gasteiger partial charge in [0, 0.05) is 38.8 Å². The molecule has 2 N–H and O–H groups in total. The van der Waals surface area contributed by atoms with E-state index in [4.69, 9.17) is 5.73 Å². The zero-order valence-corrected chi connectivity index (χ0v) is 12.7. The molecule has 0 bridgehead atoms. The molecule has 1 aliphatic heterocycles. The molecule has 1 aliphatic rings. The minimum absolute atomic E-state index is 0.450. The molecular formula is C14H23N7. The molecule has 0 aliphatic carbocycles. The molecule has 1 fully saturated rings. The summed E-state index contributed by atoms with van der Waals surface area (Å²) in [5.74, 6) is 0.450. The lowest BCUT2D eigenvalue weighted by atomic mass is 10.2. The van der Waals surface area contributed by atoms with Crippen molar-refractivity contribution < 1.29 is 0 Å². The molecule has 7 nitrogen and oxygen atoms in total. The summed E-state index contributed by atoms with van der Waals surface area (Å²) in [5.41, 5.74) is 7.33. The molecule has 2 aromatic heterocycles. The number of hydrogen-bond acceptors (Lipinski definition) is 6. The van der Waals surface area contributed by atoms with Gasteiger partial charge in [0.15, 0.2) is 11.5 Å². The van der Waals surface area contributed by atoms with E-state index in [2.05, 4.69) is 43.3 Å². The highest BCUT2D eigenvalue weighted by molar-refractivity contribution is 5.80. The number of nitrogens with zero attached hydrogens (tertiary/aromatic N) is 6. The van der Waals surface area contributed by atoms with Gasteiger partial charge >= 0.3 is 0 Å². The lowest BCUT2D eigenvalue weighted by Crippen LogP contribution is -2.50. The highest BCUT2D eigenvalue weighted by Crippen LogP contribution is 2.15. The predicted octanol–water partition coefficient (Wildman–Crippen LogP) is 0.435. The maximum atomic E-state index is 5.81. The number of aryl methyl sites for hydroxylation is 1. The number of imidazole rings is 1. The lowest BCUT2D eigenvalue weighted by Gasteiger charge is -2.38.